The third-order valence-corrected chi connectivity index (χ3v) is 5.20. The van der Waals surface area contributed by atoms with Crippen LogP contribution >= 0.6 is 0 Å². The Balaban J connectivity index is 1.75. The summed E-state index contributed by atoms with van der Waals surface area (Å²) >= 11 is 0. The zero-order valence-corrected chi connectivity index (χ0v) is 12.0. The van der Waals surface area contributed by atoms with Crippen LogP contribution in [0.3, 0.4) is 0 Å². The maximum Gasteiger partial charge on any atom is 0.307 e. The maximum atomic E-state index is 12.8. The molecule has 1 saturated heterocycles. The van der Waals surface area contributed by atoms with Crippen LogP contribution in [0.4, 0.5) is 0 Å². The van der Waals surface area contributed by atoms with Gasteiger partial charge in [-0.05, 0) is 38.0 Å². The Bertz CT molecular complexity index is 411. The van der Waals surface area contributed by atoms with Crippen LogP contribution in [0.5, 0.6) is 0 Å². The van der Waals surface area contributed by atoms with E-state index in [4.69, 9.17) is 4.74 Å². The Kier molecular flexibility index (Phi) is 3.71. The van der Waals surface area contributed by atoms with E-state index >= 15 is 0 Å². The lowest BCUT2D eigenvalue weighted by Crippen LogP contribution is -2.53. The average Bonchev–Trinajstić information content (AvgIpc) is 3.03. The smallest absolute Gasteiger partial charge is 0.307 e. The fourth-order valence-corrected chi connectivity index (χ4v) is 4.25. The second-order valence-corrected chi connectivity index (χ2v) is 6.57. The monoisotopic (exact) mass is 281 g/mol. The fraction of sp³-hybridized carbons (Fsp3) is 0.867. The van der Waals surface area contributed by atoms with Crippen LogP contribution < -0.4 is 0 Å². The van der Waals surface area contributed by atoms with Crippen molar-refractivity contribution in [3.05, 3.63) is 0 Å². The molecule has 5 heteroatoms. The third-order valence-electron chi connectivity index (χ3n) is 5.20. The molecule has 1 aliphatic heterocycles. The zero-order valence-electron chi connectivity index (χ0n) is 12.0. The predicted molar refractivity (Wildman–Crippen MR) is 72.1 cm³/mol. The standard InChI is InChI=1S/C15H23NO4/c1-9-7-10(11(8-9)15(18)19)14(17)16-5-6-20-13-4-2-3-12(13)16/h9-13H,2-8H2,1H3,(H,18,19)/t9?,10-,11+,12?,13?/m0/s1. The zero-order chi connectivity index (χ0) is 14.3. The van der Waals surface area contributed by atoms with Crippen molar-refractivity contribution in [1.82, 2.24) is 4.90 Å². The largest absolute Gasteiger partial charge is 0.481 e. The Morgan fingerprint density at radius 2 is 1.95 bits per heavy atom. The summed E-state index contributed by atoms with van der Waals surface area (Å²) in [4.78, 5) is 26.1. The molecule has 0 aromatic carbocycles. The summed E-state index contributed by atoms with van der Waals surface area (Å²) in [6, 6.07) is 0.182. The maximum absolute atomic E-state index is 12.8. The minimum atomic E-state index is -0.816. The molecular weight excluding hydrogens is 258 g/mol. The number of carbonyl (C=O) groups is 2. The number of carbonyl (C=O) groups excluding carboxylic acids is 1. The lowest BCUT2D eigenvalue weighted by molar-refractivity contribution is -0.155. The van der Waals surface area contributed by atoms with Crippen molar-refractivity contribution in [3.8, 4) is 0 Å². The molecule has 0 bridgehead atoms. The van der Waals surface area contributed by atoms with E-state index in [0.717, 1.165) is 19.3 Å². The number of morpholine rings is 1. The van der Waals surface area contributed by atoms with E-state index in [-0.39, 0.29) is 24.0 Å². The van der Waals surface area contributed by atoms with Gasteiger partial charge in [0.15, 0.2) is 0 Å². The molecule has 20 heavy (non-hydrogen) atoms. The highest BCUT2D eigenvalue weighted by atomic mass is 16.5. The van der Waals surface area contributed by atoms with E-state index in [1.54, 1.807) is 0 Å². The number of carboxylic acid groups (broad SMARTS) is 1. The number of hydrogen-bond acceptors (Lipinski definition) is 3. The topological polar surface area (TPSA) is 66.8 Å². The first-order valence-electron chi connectivity index (χ1n) is 7.73. The van der Waals surface area contributed by atoms with Crippen LogP contribution in [0.25, 0.3) is 0 Å². The van der Waals surface area contributed by atoms with E-state index in [2.05, 4.69) is 0 Å². The second kappa shape index (κ2) is 5.35. The van der Waals surface area contributed by atoms with Crippen LogP contribution in [0.1, 0.15) is 39.0 Å². The number of carboxylic acids is 1. The molecule has 1 heterocycles. The third kappa shape index (κ3) is 2.32. The number of ether oxygens (including phenoxy) is 1. The molecule has 0 spiro atoms. The van der Waals surface area contributed by atoms with Gasteiger partial charge in [0.05, 0.1) is 30.6 Å². The number of rotatable bonds is 2. The lowest BCUT2D eigenvalue weighted by atomic mass is 9.93. The van der Waals surface area contributed by atoms with Gasteiger partial charge in [-0.15, -0.1) is 0 Å². The van der Waals surface area contributed by atoms with Crippen LogP contribution in [-0.2, 0) is 14.3 Å². The van der Waals surface area contributed by atoms with Gasteiger partial charge in [0, 0.05) is 6.54 Å². The number of hydrogen-bond donors (Lipinski definition) is 1. The lowest BCUT2D eigenvalue weighted by Gasteiger charge is -2.39. The van der Waals surface area contributed by atoms with Crippen LogP contribution in [0, 0.1) is 17.8 Å². The summed E-state index contributed by atoms with van der Waals surface area (Å²) in [6.07, 6.45) is 4.64. The number of fused-ring (bicyclic) bond motifs is 1. The fourth-order valence-electron chi connectivity index (χ4n) is 4.25. The first-order valence-corrected chi connectivity index (χ1v) is 7.73. The van der Waals surface area contributed by atoms with Gasteiger partial charge in [-0.3, -0.25) is 9.59 Å². The van der Waals surface area contributed by atoms with E-state index in [1.165, 1.54) is 0 Å². The minimum absolute atomic E-state index is 0.0574. The van der Waals surface area contributed by atoms with Crippen molar-refractivity contribution in [2.45, 2.75) is 51.2 Å². The molecule has 0 aromatic rings. The molecule has 1 amide bonds. The highest BCUT2D eigenvalue weighted by Gasteiger charge is 2.46. The highest BCUT2D eigenvalue weighted by molar-refractivity contribution is 5.85. The second-order valence-electron chi connectivity index (χ2n) is 6.57. The van der Waals surface area contributed by atoms with Gasteiger partial charge in [-0.2, -0.15) is 0 Å². The first-order chi connectivity index (χ1) is 9.58. The highest BCUT2D eigenvalue weighted by Crippen LogP contribution is 2.39. The normalized spacial score (nSPS) is 40.6. The first kappa shape index (κ1) is 13.9. The molecular formula is C15H23NO4. The summed E-state index contributed by atoms with van der Waals surface area (Å²) in [6.45, 7) is 3.26. The molecule has 2 saturated carbocycles. The molecule has 2 aliphatic carbocycles. The molecule has 3 aliphatic rings. The van der Waals surface area contributed by atoms with Gasteiger partial charge >= 0.3 is 5.97 Å². The van der Waals surface area contributed by atoms with Crippen molar-refractivity contribution in [2.24, 2.45) is 17.8 Å². The summed E-state index contributed by atoms with van der Waals surface area (Å²) < 4.78 is 5.73. The predicted octanol–water partition coefficient (Wildman–Crippen LogP) is 1.51. The Labute approximate surface area is 119 Å². The SMILES string of the molecule is CC1C[C@H](C(=O)N2CCOC3CCCC32)[C@H](C(=O)O)C1. The van der Waals surface area contributed by atoms with E-state index in [9.17, 15) is 14.7 Å². The van der Waals surface area contributed by atoms with Crippen molar-refractivity contribution in [1.29, 1.82) is 0 Å². The molecule has 1 N–H and O–H groups in total. The number of aliphatic carboxylic acids is 1. The Hall–Kier alpha value is -1.10. The van der Waals surface area contributed by atoms with Crippen molar-refractivity contribution >= 4 is 11.9 Å². The van der Waals surface area contributed by atoms with Gasteiger partial charge < -0.3 is 14.7 Å². The molecule has 5 atom stereocenters. The molecule has 112 valence electrons. The number of amides is 1. The van der Waals surface area contributed by atoms with Crippen LogP contribution in [-0.4, -0.2) is 47.2 Å². The summed E-state index contributed by atoms with van der Waals surface area (Å²) in [5.41, 5.74) is 0. The van der Waals surface area contributed by atoms with Crippen molar-refractivity contribution in [2.75, 3.05) is 13.2 Å². The quantitative estimate of drug-likeness (QED) is 0.833. The molecule has 5 nitrogen and oxygen atoms in total. The van der Waals surface area contributed by atoms with Crippen LogP contribution in [0.2, 0.25) is 0 Å². The van der Waals surface area contributed by atoms with Gasteiger partial charge in [0.1, 0.15) is 0 Å². The molecule has 0 radical (unpaired) electrons. The summed E-state index contributed by atoms with van der Waals surface area (Å²) in [5, 5.41) is 9.34. The van der Waals surface area contributed by atoms with Crippen molar-refractivity contribution < 1.29 is 19.4 Å². The Morgan fingerprint density at radius 1 is 1.20 bits per heavy atom. The minimum Gasteiger partial charge on any atom is -0.481 e. The number of nitrogens with zero attached hydrogens (tertiary/aromatic N) is 1. The van der Waals surface area contributed by atoms with Crippen molar-refractivity contribution in [3.63, 3.8) is 0 Å². The van der Waals surface area contributed by atoms with E-state index < -0.39 is 11.9 Å². The van der Waals surface area contributed by atoms with Gasteiger partial charge in [0.2, 0.25) is 5.91 Å². The van der Waals surface area contributed by atoms with E-state index in [1.807, 2.05) is 11.8 Å². The molecule has 3 rings (SSSR count). The summed E-state index contributed by atoms with van der Waals surface area (Å²) in [7, 11) is 0. The average molecular weight is 281 g/mol. The molecule has 0 aromatic heterocycles. The Morgan fingerprint density at radius 3 is 2.70 bits per heavy atom. The van der Waals surface area contributed by atoms with Gasteiger partial charge in [0.25, 0.3) is 0 Å². The summed E-state index contributed by atoms with van der Waals surface area (Å²) in [5.74, 6) is -1.27. The molecule has 3 fully saturated rings. The molecule has 3 unspecified atom stereocenters. The van der Waals surface area contributed by atoms with Gasteiger partial charge in [-0.25, -0.2) is 0 Å². The van der Waals surface area contributed by atoms with Crippen LogP contribution in [0.15, 0.2) is 0 Å². The van der Waals surface area contributed by atoms with E-state index in [0.29, 0.717) is 31.9 Å². The van der Waals surface area contributed by atoms with Gasteiger partial charge in [-0.1, -0.05) is 6.92 Å².